The van der Waals surface area contributed by atoms with E-state index in [1.807, 2.05) is 0 Å². The lowest BCUT2D eigenvalue weighted by Gasteiger charge is -2.26. The second-order valence-electron chi connectivity index (χ2n) is 3.86. The summed E-state index contributed by atoms with van der Waals surface area (Å²) >= 11 is 2.97. The van der Waals surface area contributed by atoms with Crippen molar-refractivity contribution in [1.29, 1.82) is 0 Å². The Hall–Kier alpha value is -0.350. The Kier molecular flexibility index (Phi) is 6.28. The zero-order valence-electron chi connectivity index (χ0n) is 10.2. The molecule has 5 nitrogen and oxygen atoms in total. The summed E-state index contributed by atoms with van der Waals surface area (Å²) in [5.41, 5.74) is 0. The van der Waals surface area contributed by atoms with E-state index in [4.69, 9.17) is 4.55 Å². The lowest BCUT2D eigenvalue weighted by molar-refractivity contribution is -0.216. The van der Waals surface area contributed by atoms with Crippen LogP contribution in [0.15, 0.2) is 0 Å². The van der Waals surface area contributed by atoms with E-state index in [0.29, 0.717) is 0 Å². The largest absolute Gasteiger partial charge is 0.450 e. The smallest absolute Gasteiger partial charge is 0.426 e. The van der Waals surface area contributed by atoms with Crippen LogP contribution in [0.5, 0.6) is 0 Å². The second-order valence-corrected chi connectivity index (χ2v) is 6.87. The van der Waals surface area contributed by atoms with Gasteiger partial charge in [-0.1, -0.05) is 29.8 Å². The van der Waals surface area contributed by atoms with Crippen molar-refractivity contribution in [2.24, 2.45) is 0 Å². The van der Waals surface area contributed by atoms with Crippen molar-refractivity contribution in [1.82, 2.24) is 0 Å². The number of rotatable bonds is 6. The molecule has 0 aliphatic rings. The standard InChI is InChI=1S/C9H14BrF3O5S/c1-3-8(10,4-2)7(14)18-6(9(11,12)13)5-19(15,16)17/h6H,3-5H2,1-2H3,(H,15,16,17). The molecule has 114 valence electrons. The van der Waals surface area contributed by atoms with Crippen molar-refractivity contribution < 1.29 is 35.7 Å². The summed E-state index contributed by atoms with van der Waals surface area (Å²) in [5.74, 6) is -2.94. The van der Waals surface area contributed by atoms with Gasteiger partial charge in [-0.25, -0.2) is 0 Å². The summed E-state index contributed by atoms with van der Waals surface area (Å²) in [6.07, 6.45) is -7.65. The third-order valence-electron chi connectivity index (χ3n) is 2.46. The summed E-state index contributed by atoms with van der Waals surface area (Å²) in [6, 6.07) is 0. The predicted molar refractivity (Wildman–Crippen MR) is 64.6 cm³/mol. The Balaban J connectivity index is 5.10. The molecule has 0 aliphatic heterocycles. The Bertz CT molecular complexity index is 416. The van der Waals surface area contributed by atoms with Gasteiger partial charge in [0.25, 0.3) is 10.1 Å². The van der Waals surface area contributed by atoms with Gasteiger partial charge >= 0.3 is 12.1 Å². The van der Waals surface area contributed by atoms with Gasteiger partial charge in [0.1, 0.15) is 10.1 Å². The number of ether oxygens (including phenoxy) is 1. The molecule has 0 bridgehead atoms. The molecule has 0 rings (SSSR count). The molecule has 0 aromatic rings. The fourth-order valence-electron chi connectivity index (χ4n) is 1.16. The highest BCUT2D eigenvalue weighted by Crippen LogP contribution is 2.31. The van der Waals surface area contributed by atoms with Crippen LogP contribution in [-0.2, 0) is 19.6 Å². The van der Waals surface area contributed by atoms with Crippen molar-refractivity contribution in [3.05, 3.63) is 0 Å². The van der Waals surface area contributed by atoms with Crippen LogP contribution >= 0.6 is 15.9 Å². The Morgan fingerprint density at radius 1 is 1.32 bits per heavy atom. The zero-order chi connectivity index (χ0) is 15.5. The number of carbonyl (C=O) groups is 1. The lowest BCUT2D eigenvalue weighted by Crippen LogP contribution is -2.44. The molecule has 0 fully saturated rings. The quantitative estimate of drug-likeness (QED) is 0.440. The topological polar surface area (TPSA) is 80.7 Å². The third-order valence-corrected chi connectivity index (χ3v) is 4.63. The molecule has 0 spiro atoms. The second kappa shape index (κ2) is 6.40. The van der Waals surface area contributed by atoms with E-state index in [2.05, 4.69) is 20.7 Å². The maximum atomic E-state index is 12.5. The lowest BCUT2D eigenvalue weighted by atomic mass is 10.0. The highest BCUT2D eigenvalue weighted by atomic mass is 79.9. The van der Waals surface area contributed by atoms with Crippen LogP contribution in [0, 0.1) is 0 Å². The molecule has 19 heavy (non-hydrogen) atoms. The molecule has 0 aliphatic carbocycles. The molecule has 0 amide bonds. The molecule has 0 saturated carbocycles. The van der Waals surface area contributed by atoms with E-state index in [1.54, 1.807) is 13.8 Å². The highest BCUT2D eigenvalue weighted by molar-refractivity contribution is 9.10. The van der Waals surface area contributed by atoms with Crippen molar-refractivity contribution in [3.63, 3.8) is 0 Å². The zero-order valence-corrected chi connectivity index (χ0v) is 12.6. The highest BCUT2D eigenvalue weighted by Gasteiger charge is 2.47. The van der Waals surface area contributed by atoms with Gasteiger partial charge < -0.3 is 4.74 Å². The first kappa shape index (κ1) is 18.7. The predicted octanol–water partition coefficient (Wildman–Crippen LogP) is 2.30. The van der Waals surface area contributed by atoms with Crippen LogP contribution in [-0.4, -0.2) is 41.3 Å². The molecule has 1 unspecified atom stereocenters. The van der Waals surface area contributed by atoms with E-state index in [9.17, 15) is 26.4 Å². The molecular formula is C9H14BrF3O5S. The van der Waals surface area contributed by atoms with Crippen LogP contribution in [0.25, 0.3) is 0 Å². The van der Waals surface area contributed by atoms with Gasteiger partial charge in [-0.2, -0.15) is 21.6 Å². The molecule has 1 atom stereocenters. The summed E-state index contributed by atoms with van der Waals surface area (Å²) in [4.78, 5) is 11.6. The van der Waals surface area contributed by atoms with Gasteiger partial charge in [0, 0.05) is 0 Å². The maximum absolute atomic E-state index is 12.5. The molecule has 0 radical (unpaired) electrons. The Morgan fingerprint density at radius 3 is 2.00 bits per heavy atom. The molecule has 0 aromatic heterocycles. The van der Waals surface area contributed by atoms with Crippen LogP contribution in [0.2, 0.25) is 0 Å². The number of esters is 1. The molecule has 0 saturated heterocycles. The number of halogens is 4. The van der Waals surface area contributed by atoms with Gasteiger partial charge in [-0.3, -0.25) is 9.35 Å². The molecular weight excluding hydrogens is 357 g/mol. The fraction of sp³-hybridized carbons (Fsp3) is 0.889. The van der Waals surface area contributed by atoms with Crippen LogP contribution in [0.1, 0.15) is 26.7 Å². The number of hydrogen-bond acceptors (Lipinski definition) is 4. The van der Waals surface area contributed by atoms with Gasteiger partial charge in [-0.15, -0.1) is 0 Å². The van der Waals surface area contributed by atoms with Crippen LogP contribution < -0.4 is 0 Å². The van der Waals surface area contributed by atoms with E-state index >= 15 is 0 Å². The van der Waals surface area contributed by atoms with E-state index in [-0.39, 0.29) is 12.8 Å². The van der Waals surface area contributed by atoms with Gasteiger partial charge in [-0.05, 0) is 12.8 Å². The minimum Gasteiger partial charge on any atom is -0.450 e. The number of carbonyl (C=O) groups excluding carboxylic acids is 1. The minimum atomic E-state index is -5.08. The summed E-state index contributed by atoms with van der Waals surface area (Å²) in [5, 5.41) is 0. The average molecular weight is 371 g/mol. The molecule has 1 N–H and O–H groups in total. The molecule has 10 heteroatoms. The first-order valence-electron chi connectivity index (χ1n) is 5.27. The average Bonchev–Trinajstić information content (AvgIpc) is 2.23. The Labute approximate surface area is 117 Å². The first-order valence-corrected chi connectivity index (χ1v) is 7.67. The van der Waals surface area contributed by atoms with E-state index < -0.39 is 38.4 Å². The van der Waals surface area contributed by atoms with Crippen molar-refractivity contribution in [3.8, 4) is 0 Å². The Morgan fingerprint density at radius 2 is 1.74 bits per heavy atom. The van der Waals surface area contributed by atoms with Crippen LogP contribution in [0.3, 0.4) is 0 Å². The van der Waals surface area contributed by atoms with Crippen molar-refractivity contribution in [2.75, 3.05) is 5.75 Å². The molecule has 0 aromatic carbocycles. The normalized spacial score (nSPS) is 15.1. The number of alkyl halides is 4. The van der Waals surface area contributed by atoms with Crippen LogP contribution in [0.4, 0.5) is 13.2 Å². The summed E-state index contributed by atoms with van der Waals surface area (Å²) in [7, 11) is -4.92. The van der Waals surface area contributed by atoms with Crippen molar-refractivity contribution >= 4 is 32.0 Å². The first-order chi connectivity index (χ1) is 8.35. The molecule has 0 heterocycles. The fourth-order valence-corrected chi connectivity index (χ4v) is 1.89. The maximum Gasteiger partial charge on any atom is 0.426 e. The van der Waals surface area contributed by atoms with E-state index in [1.165, 1.54) is 0 Å². The SMILES string of the molecule is CCC(Br)(CC)C(=O)OC(CS(=O)(=O)O)C(F)(F)F. The van der Waals surface area contributed by atoms with Gasteiger partial charge in [0.05, 0.1) is 0 Å². The van der Waals surface area contributed by atoms with Gasteiger partial charge in [0.15, 0.2) is 0 Å². The number of hydrogen-bond donors (Lipinski definition) is 1. The van der Waals surface area contributed by atoms with Crippen molar-refractivity contribution in [2.45, 2.75) is 43.3 Å². The monoisotopic (exact) mass is 370 g/mol. The third kappa shape index (κ3) is 6.09. The van der Waals surface area contributed by atoms with Gasteiger partial charge in [0.2, 0.25) is 6.10 Å². The summed E-state index contributed by atoms with van der Waals surface area (Å²) < 4.78 is 70.0. The van der Waals surface area contributed by atoms with E-state index in [0.717, 1.165) is 0 Å². The minimum absolute atomic E-state index is 0.165. The summed E-state index contributed by atoms with van der Waals surface area (Å²) in [6.45, 7) is 3.12.